The number of aromatic nitrogens is 2. The summed E-state index contributed by atoms with van der Waals surface area (Å²) in [5, 5.41) is 14.5. The number of benzene rings is 1. The summed E-state index contributed by atoms with van der Waals surface area (Å²) >= 11 is 0. The highest BCUT2D eigenvalue weighted by atomic mass is 16.6. The van der Waals surface area contributed by atoms with E-state index in [0.717, 1.165) is 35.3 Å². The van der Waals surface area contributed by atoms with Gasteiger partial charge >= 0.3 is 12.1 Å². The second-order valence-corrected chi connectivity index (χ2v) is 7.76. The Morgan fingerprint density at radius 3 is 2.75 bits per heavy atom. The van der Waals surface area contributed by atoms with Crippen molar-refractivity contribution in [2.45, 2.75) is 39.3 Å². The van der Waals surface area contributed by atoms with Crippen molar-refractivity contribution in [1.29, 1.82) is 0 Å². The number of hydrazine groups is 1. The first-order valence-electron chi connectivity index (χ1n) is 10.7. The van der Waals surface area contributed by atoms with Gasteiger partial charge in [0, 0.05) is 24.3 Å². The summed E-state index contributed by atoms with van der Waals surface area (Å²) < 4.78 is 4.94. The fraction of sp³-hybridized carbons (Fsp3) is 0.429. The van der Waals surface area contributed by atoms with Gasteiger partial charge in [-0.05, 0) is 24.1 Å². The molecule has 0 spiro atoms. The Morgan fingerprint density at radius 1 is 1.22 bits per heavy atom. The Morgan fingerprint density at radius 2 is 2.03 bits per heavy atom. The van der Waals surface area contributed by atoms with E-state index >= 15 is 0 Å². The molecule has 0 saturated carbocycles. The molecule has 0 atom stereocenters. The van der Waals surface area contributed by atoms with Crippen LogP contribution in [0.4, 0.5) is 21.1 Å². The molecule has 1 fully saturated rings. The standard InChI is InChI=1S/C21H27N7O4/c1-2-3-8-22-20(30)26-27-12-16-17(13-27)24-25-19(16)23-18(29)11-14-4-6-15(7-5-14)28-9-10-32-21(28)31/h4-7H,2-3,8-13H2,1H3,(H2,22,26,30)(H2,23,24,25,29). The lowest BCUT2D eigenvalue weighted by molar-refractivity contribution is -0.115. The van der Waals surface area contributed by atoms with E-state index in [1.807, 2.05) is 12.1 Å². The molecular weight excluding hydrogens is 414 g/mol. The maximum atomic E-state index is 12.5. The molecule has 170 valence electrons. The average molecular weight is 441 g/mol. The second kappa shape index (κ2) is 9.69. The van der Waals surface area contributed by atoms with Crippen molar-refractivity contribution in [3.63, 3.8) is 0 Å². The summed E-state index contributed by atoms with van der Waals surface area (Å²) in [5.74, 6) is 0.272. The number of nitrogens with one attached hydrogen (secondary N) is 4. The van der Waals surface area contributed by atoms with Crippen LogP contribution in [0.2, 0.25) is 0 Å². The number of aromatic amines is 1. The van der Waals surface area contributed by atoms with E-state index < -0.39 is 0 Å². The number of nitrogens with zero attached hydrogens (tertiary/aromatic N) is 3. The van der Waals surface area contributed by atoms with Crippen LogP contribution in [0.15, 0.2) is 24.3 Å². The van der Waals surface area contributed by atoms with Crippen molar-refractivity contribution in [2.75, 3.05) is 29.9 Å². The van der Waals surface area contributed by atoms with E-state index in [1.165, 1.54) is 0 Å². The molecule has 1 saturated heterocycles. The van der Waals surface area contributed by atoms with Crippen LogP contribution in [0.3, 0.4) is 0 Å². The molecule has 2 aliphatic heterocycles. The van der Waals surface area contributed by atoms with E-state index in [-0.39, 0.29) is 24.5 Å². The Bertz CT molecular complexity index is 989. The number of carbonyl (C=O) groups excluding carboxylic acids is 3. The Kier molecular flexibility index (Phi) is 6.55. The number of fused-ring (bicyclic) bond motifs is 1. The summed E-state index contributed by atoms with van der Waals surface area (Å²) in [6.45, 7) is 4.54. The molecule has 2 aromatic rings. The zero-order chi connectivity index (χ0) is 22.5. The molecule has 4 rings (SSSR count). The second-order valence-electron chi connectivity index (χ2n) is 7.76. The molecule has 11 nitrogen and oxygen atoms in total. The van der Waals surface area contributed by atoms with E-state index in [0.29, 0.717) is 38.6 Å². The van der Waals surface area contributed by atoms with E-state index in [2.05, 4.69) is 33.2 Å². The van der Waals surface area contributed by atoms with Crippen molar-refractivity contribution in [3.8, 4) is 0 Å². The monoisotopic (exact) mass is 441 g/mol. The molecule has 1 aromatic heterocycles. The van der Waals surface area contributed by atoms with Gasteiger partial charge in [-0.3, -0.25) is 20.2 Å². The molecule has 0 bridgehead atoms. The van der Waals surface area contributed by atoms with Gasteiger partial charge in [0.2, 0.25) is 5.91 Å². The zero-order valence-corrected chi connectivity index (χ0v) is 17.9. The molecule has 32 heavy (non-hydrogen) atoms. The van der Waals surface area contributed by atoms with Crippen LogP contribution in [-0.2, 0) is 29.0 Å². The number of H-pyrrole nitrogens is 1. The fourth-order valence-corrected chi connectivity index (χ4v) is 3.67. The number of ether oxygens (including phenoxy) is 1. The smallest absolute Gasteiger partial charge is 0.414 e. The normalized spacial score (nSPS) is 15.4. The van der Waals surface area contributed by atoms with Gasteiger partial charge in [0.25, 0.3) is 0 Å². The lowest BCUT2D eigenvalue weighted by Crippen LogP contribution is -2.45. The lowest BCUT2D eigenvalue weighted by atomic mass is 10.1. The average Bonchev–Trinajstić information content (AvgIpc) is 3.46. The number of urea groups is 1. The first kappa shape index (κ1) is 21.6. The van der Waals surface area contributed by atoms with Crippen molar-refractivity contribution < 1.29 is 19.1 Å². The zero-order valence-electron chi connectivity index (χ0n) is 17.9. The summed E-state index contributed by atoms with van der Waals surface area (Å²) in [5.41, 5.74) is 6.08. The number of carbonyl (C=O) groups is 3. The highest BCUT2D eigenvalue weighted by molar-refractivity contribution is 5.92. The topological polar surface area (TPSA) is 132 Å². The molecule has 0 aliphatic carbocycles. The third-order valence-electron chi connectivity index (χ3n) is 5.36. The minimum Gasteiger partial charge on any atom is -0.447 e. The molecule has 11 heteroatoms. The molecule has 2 aliphatic rings. The fourth-order valence-electron chi connectivity index (χ4n) is 3.67. The summed E-state index contributed by atoms with van der Waals surface area (Å²) in [7, 11) is 0. The third kappa shape index (κ3) is 4.99. The van der Waals surface area contributed by atoms with Crippen LogP contribution in [-0.4, -0.2) is 52.9 Å². The van der Waals surface area contributed by atoms with Crippen LogP contribution < -0.4 is 21.0 Å². The Hall–Kier alpha value is -3.60. The maximum Gasteiger partial charge on any atom is 0.414 e. The minimum absolute atomic E-state index is 0.175. The van der Waals surface area contributed by atoms with Gasteiger partial charge in [-0.2, -0.15) is 5.10 Å². The van der Waals surface area contributed by atoms with E-state index in [9.17, 15) is 14.4 Å². The quantitative estimate of drug-likeness (QED) is 0.463. The number of amides is 4. The Balaban J connectivity index is 1.28. The molecule has 4 N–H and O–H groups in total. The molecule has 3 heterocycles. The minimum atomic E-state index is -0.357. The molecular formula is C21H27N7O4. The summed E-state index contributed by atoms with van der Waals surface area (Å²) in [4.78, 5) is 37.7. The summed E-state index contributed by atoms with van der Waals surface area (Å²) in [6.07, 6.45) is 1.76. The van der Waals surface area contributed by atoms with Gasteiger partial charge in [0.1, 0.15) is 6.61 Å². The highest BCUT2D eigenvalue weighted by Gasteiger charge is 2.27. The lowest BCUT2D eigenvalue weighted by Gasteiger charge is -2.17. The molecule has 4 amide bonds. The SMILES string of the molecule is CCCCNC(=O)NN1Cc2[nH]nc(NC(=O)Cc3ccc(N4CCOC4=O)cc3)c2C1. The van der Waals surface area contributed by atoms with Crippen molar-refractivity contribution in [1.82, 2.24) is 25.9 Å². The van der Waals surface area contributed by atoms with Crippen molar-refractivity contribution in [3.05, 3.63) is 41.1 Å². The number of hydrogen-bond donors (Lipinski definition) is 4. The first-order valence-corrected chi connectivity index (χ1v) is 10.7. The molecule has 0 unspecified atom stereocenters. The largest absolute Gasteiger partial charge is 0.447 e. The van der Waals surface area contributed by atoms with Gasteiger partial charge in [0.05, 0.1) is 25.2 Å². The van der Waals surface area contributed by atoms with Crippen LogP contribution >= 0.6 is 0 Å². The number of hydrogen-bond acceptors (Lipinski definition) is 6. The first-order chi connectivity index (χ1) is 15.5. The Labute approximate surface area is 185 Å². The van der Waals surface area contributed by atoms with Gasteiger partial charge in [-0.25, -0.2) is 14.6 Å². The molecule has 1 aromatic carbocycles. The number of rotatable bonds is 8. The van der Waals surface area contributed by atoms with E-state index in [1.54, 1.807) is 22.0 Å². The predicted molar refractivity (Wildman–Crippen MR) is 117 cm³/mol. The van der Waals surface area contributed by atoms with E-state index in [4.69, 9.17) is 4.74 Å². The van der Waals surface area contributed by atoms with Gasteiger partial charge in [-0.15, -0.1) is 0 Å². The third-order valence-corrected chi connectivity index (χ3v) is 5.36. The summed E-state index contributed by atoms with van der Waals surface area (Å²) in [6, 6.07) is 7.00. The number of anilines is 2. The number of unbranched alkanes of at least 4 members (excludes halogenated alkanes) is 1. The van der Waals surface area contributed by atoms with Crippen molar-refractivity contribution >= 4 is 29.5 Å². The van der Waals surface area contributed by atoms with Crippen LogP contribution in [0.1, 0.15) is 36.6 Å². The van der Waals surface area contributed by atoms with Crippen LogP contribution in [0.25, 0.3) is 0 Å². The van der Waals surface area contributed by atoms with Crippen LogP contribution in [0, 0.1) is 0 Å². The predicted octanol–water partition coefficient (Wildman–Crippen LogP) is 1.88. The van der Waals surface area contributed by atoms with Gasteiger partial charge in [-0.1, -0.05) is 25.5 Å². The van der Waals surface area contributed by atoms with Crippen LogP contribution in [0.5, 0.6) is 0 Å². The highest BCUT2D eigenvalue weighted by Crippen LogP contribution is 2.26. The number of cyclic esters (lactones) is 1. The van der Waals surface area contributed by atoms with Gasteiger partial charge < -0.3 is 15.4 Å². The maximum absolute atomic E-state index is 12.5. The van der Waals surface area contributed by atoms with Gasteiger partial charge in [0.15, 0.2) is 5.82 Å². The molecule has 0 radical (unpaired) electrons. The van der Waals surface area contributed by atoms with Crippen molar-refractivity contribution in [2.24, 2.45) is 0 Å².